The van der Waals surface area contributed by atoms with E-state index in [0.717, 1.165) is 27.0 Å². The molecule has 9 nitrogen and oxygen atoms in total. The maximum atomic E-state index is 13.6. The van der Waals surface area contributed by atoms with Gasteiger partial charge in [-0.3, -0.25) is 13.9 Å². The number of carbonyl (C=O) groups is 2. The van der Waals surface area contributed by atoms with E-state index in [1.54, 1.807) is 19.1 Å². The van der Waals surface area contributed by atoms with E-state index in [1.807, 2.05) is 31.2 Å². The number of benzene rings is 2. The molecule has 192 valence electrons. The Morgan fingerprint density at radius 3 is 2.29 bits per heavy atom. The Kier molecular flexibility index (Phi) is 10.4. The number of nitrogens with one attached hydrogen (secondary N) is 1. The quantitative estimate of drug-likeness (QED) is 0.421. The molecule has 0 heterocycles. The van der Waals surface area contributed by atoms with E-state index < -0.39 is 28.5 Å². The molecule has 0 fully saturated rings. The molecule has 0 radical (unpaired) electrons. The van der Waals surface area contributed by atoms with Crippen molar-refractivity contribution in [1.29, 1.82) is 0 Å². The Labute approximate surface area is 215 Å². The Morgan fingerprint density at radius 2 is 1.74 bits per heavy atom. The van der Waals surface area contributed by atoms with E-state index in [2.05, 4.69) is 21.2 Å². The molecule has 1 N–H and O–H groups in total. The number of hydrogen-bond donors (Lipinski definition) is 1. The van der Waals surface area contributed by atoms with Crippen LogP contribution < -0.4 is 19.1 Å². The van der Waals surface area contributed by atoms with E-state index in [0.29, 0.717) is 12.3 Å². The number of amides is 2. The smallest absolute Gasteiger partial charge is 0.244 e. The van der Waals surface area contributed by atoms with E-state index in [4.69, 9.17) is 9.47 Å². The lowest BCUT2D eigenvalue weighted by Crippen LogP contribution is -2.51. The van der Waals surface area contributed by atoms with Gasteiger partial charge in [-0.15, -0.1) is 0 Å². The summed E-state index contributed by atoms with van der Waals surface area (Å²) in [5.41, 5.74) is 0.955. The monoisotopic (exact) mass is 569 g/mol. The maximum absolute atomic E-state index is 13.6. The number of methoxy groups -OCH3 is 2. The van der Waals surface area contributed by atoms with E-state index >= 15 is 0 Å². The Bertz CT molecular complexity index is 1120. The van der Waals surface area contributed by atoms with Gasteiger partial charge in [0, 0.05) is 23.6 Å². The number of anilines is 1. The highest BCUT2D eigenvalue weighted by Gasteiger charge is 2.31. The summed E-state index contributed by atoms with van der Waals surface area (Å²) in [4.78, 5) is 27.7. The summed E-state index contributed by atoms with van der Waals surface area (Å²) in [5.74, 6) is -0.192. The van der Waals surface area contributed by atoms with Crippen LogP contribution in [0.1, 0.15) is 25.8 Å². The second kappa shape index (κ2) is 12.8. The molecule has 0 aliphatic heterocycles. The second-order valence-electron chi connectivity index (χ2n) is 7.92. The highest BCUT2D eigenvalue weighted by molar-refractivity contribution is 9.10. The summed E-state index contributed by atoms with van der Waals surface area (Å²) in [7, 11) is -1.03. The number of halogens is 1. The van der Waals surface area contributed by atoms with Gasteiger partial charge in [0.05, 0.1) is 26.2 Å². The predicted molar refractivity (Wildman–Crippen MR) is 139 cm³/mol. The normalized spacial score (nSPS) is 11.9. The van der Waals surface area contributed by atoms with Crippen molar-refractivity contribution in [2.24, 2.45) is 0 Å². The van der Waals surface area contributed by atoms with Crippen molar-refractivity contribution in [3.63, 3.8) is 0 Å². The van der Waals surface area contributed by atoms with Crippen molar-refractivity contribution in [2.75, 3.05) is 37.9 Å². The second-order valence-corrected chi connectivity index (χ2v) is 10.7. The summed E-state index contributed by atoms with van der Waals surface area (Å²) in [6, 6.07) is 11.2. The van der Waals surface area contributed by atoms with E-state index in [9.17, 15) is 18.0 Å². The zero-order valence-electron chi connectivity index (χ0n) is 20.6. The highest BCUT2D eigenvalue weighted by Crippen LogP contribution is 2.34. The van der Waals surface area contributed by atoms with Gasteiger partial charge in [0.1, 0.15) is 24.1 Å². The largest absolute Gasteiger partial charge is 0.497 e. The number of hydrogen-bond acceptors (Lipinski definition) is 6. The highest BCUT2D eigenvalue weighted by atomic mass is 79.9. The zero-order chi connectivity index (χ0) is 26.2. The molecule has 1 atom stereocenters. The summed E-state index contributed by atoms with van der Waals surface area (Å²) in [6.07, 6.45) is 1.76. The zero-order valence-corrected chi connectivity index (χ0v) is 23.0. The van der Waals surface area contributed by atoms with Crippen LogP contribution in [0.4, 0.5) is 5.69 Å². The minimum atomic E-state index is -3.90. The molecule has 0 saturated carbocycles. The molecule has 11 heteroatoms. The number of rotatable bonds is 12. The minimum Gasteiger partial charge on any atom is -0.497 e. The van der Waals surface area contributed by atoms with Gasteiger partial charge >= 0.3 is 0 Å². The van der Waals surface area contributed by atoms with Gasteiger partial charge in [-0.2, -0.15) is 0 Å². The van der Waals surface area contributed by atoms with Crippen LogP contribution in [0.3, 0.4) is 0 Å². The third-order valence-electron chi connectivity index (χ3n) is 5.32. The molecule has 2 aromatic rings. The van der Waals surface area contributed by atoms with Gasteiger partial charge in [-0.25, -0.2) is 8.42 Å². The molecule has 0 unspecified atom stereocenters. The van der Waals surface area contributed by atoms with Crippen molar-refractivity contribution in [2.45, 2.75) is 32.9 Å². The lowest BCUT2D eigenvalue weighted by Gasteiger charge is -2.32. The van der Waals surface area contributed by atoms with Gasteiger partial charge in [0.2, 0.25) is 21.8 Å². The van der Waals surface area contributed by atoms with E-state index in [1.165, 1.54) is 25.2 Å². The minimum absolute atomic E-state index is 0.125. The number of ether oxygens (including phenoxy) is 2. The first-order valence-electron chi connectivity index (χ1n) is 11.0. The van der Waals surface area contributed by atoms with Gasteiger partial charge in [-0.1, -0.05) is 35.0 Å². The molecule has 0 bridgehead atoms. The molecular weight excluding hydrogens is 538 g/mol. The molecule has 2 aromatic carbocycles. The van der Waals surface area contributed by atoms with Crippen molar-refractivity contribution in [3.05, 3.63) is 52.5 Å². The average molecular weight is 571 g/mol. The molecular formula is C24H32BrN3O6S. The fourth-order valence-corrected chi connectivity index (χ4v) is 4.46. The SMILES string of the molecule is CCCNC(=O)[C@H](C)N(Cc1ccc(Br)cc1)C(=O)CN(c1cc(OC)ccc1OC)S(C)(=O)=O. The first-order chi connectivity index (χ1) is 16.5. The third kappa shape index (κ3) is 7.86. The summed E-state index contributed by atoms with van der Waals surface area (Å²) in [6.45, 7) is 3.63. The third-order valence-corrected chi connectivity index (χ3v) is 6.97. The van der Waals surface area contributed by atoms with Crippen LogP contribution in [0.15, 0.2) is 46.9 Å². The first-order valence-corrected chi connectivity index (χ1v) is 13.7. The first kappa shape index (κ1) is 28.4. The van der Waals surface area contributed by atoms with Crippen molar-refractivity contribution < 1.29 is 27.5 Å². The summed E-state index contributed by atoms with van der Waals surface area (Å²) < 4.78 is 38.0. The number of sulfonamides is 1. The topological polar surface area (TPSA) is 105 Å². The van der Waals surface area contributed by atoms with Crippen molar-refractivity contribution >= 4 is 43.5 Å². The molecule has 2 rings (SSSR count). The summed E-state index contributed by atoms with van der Waals surface area (Å²) >= 11 is 3.39. The molecule has 0 saturated heterocycles. The maximum Gasteiger partial charge on any atom is 0.244 e. The van der Waals surface area contributed by atoms with E-state index in [-0.39, 0.29) is 23.9 Å². The number of carbonyl (C=O) groups excluding carboxylic acids is 2. The molecule has 2 amide bonds. The fourth-order valence-electron chi connectivity index (χ4n) is 3.35. The Balaban J connectivity index is 2.45. The van der Waals surface area contributed by atoms with Crippen LogP contribution in [0.2, 0.25) is 0 Å². The molecule has 0 spiro atoms. The molecule has 0 aliphatic rings. The van der Waals surface area contributed by atoms with Gasteiger partial charge in [0.25, 0.3) is 0 Å². The van der Waals surface area contributed by atoms with Crippen molar-refractivity contribution in [1.82, 2.24) is 10.2 Å². The summed E-state index contributed by atoms with van der Waals surface area (Å²) in [5, 5.41) is 2.80. The standard InChI is InChI=1S/C24H32BrN3O6S/c1-6-13-26-24(30)17(2)27(15-18-7-9-19(25)10-8-18)23(29)16-28(35(5,31)32)21-14-20(33-3)11-12-22(21)34-4/h7-12,14,17H,6,13,15-16H2,1-5H3,(H,26,30)/t17-/m0/s1. The van der Waals surface area contributed by atoms with Crippen LogP contribution >= 0.6 is 15.9 Å². The molecule has 35 heavy (non-hydrogen) atoms. The predicted octanol–water partition coefficient (Wildman–Crippen LogP) is 3.18. The average Bonchev–Trinajstić information content (AvgIpc) is 2.83. The van der Waals surface area contributed by atoms with Crippen LogP contribution in [0, 0.1) is 0 Å². The van der Waals surface area contributed by atoms with Crippen molar-refractivity contribution in [3.8, 4) is 11.5 Å². The van der Waals surface area contributed by atoms with Gasteiger partial charge in [0.15, 0.2) is 0 Å². The van der Waals surface area contributed by atoms with Gasteiger partial charge in [-0.05, 0) is 43.2 Å². The number of nitrogens with zero attached hydrogens (tertiary/aromatic N) is 2. The fraction of sp³-hybridized carbons (Fsp3) is 0.417. The van der Waals surface area contributed by atoms with Gasteiger partial charge < -0.3 is 19.7 Å². The Hall–Kier alpha value is -2.79. The van der Waals surface area contributed by atoms with Crippen LogP contribution in [0.25, 0.3) is 0 Å². The lowest BCUT2D eigenvalue weighted by molar-refractivity contribution is -0.139. The lowest BCUT2D eigenvalue weighted by atomic mass is 10.1. The van der Waals surface area contributed by atoms with Crippen LogP contribution in [0.5, 0.6) is 11.5 Å². The van der Waals surface area contributed by atoms with Crippen LogP contribution in [-0.2, 0) is 26.2 Å². The Morgan fingerprint density at radius 1 is 1.09 bits per heavy atom. The molecule has 0 aliphatic carbocycles. The molecule has 0 aromatic heterocycles. The van der Waals surface area contributed by atoms with Crippen LogP contribution in [-0.4, -0.2) is 64.7 Å².